The highest BCUT2D eigenvalue weighted by molar-refractivity contribution is 5.78. The van der Waals surface area contributed by atoms with Gasteiger partial charge in [-0.05, 0) is 82.5 Å². The standard InChI is InChI=1S/C17H30N2O/c1-11(2)19-16(20)10-18-12(3)17-7-13-4-14(8-17)6-15(5-13)9-17/h11-15,18H,4-10H2,1-3H3,(H,19,20). The van der Waals surface area contributed by atoms with Crippen LogP contribution in [-0.2, 0) is 4.79 Å². The molecule has 2 N–H and O–H groups in total. The molecular weight excluding hydrogens is 248 g/mol. The molecule has 1 amide bonds. The van der Waals surface area contributed by atoms with Crippen molar-refractivity contribution >= 4 is 5.91 Å². The Kier molecular flexibility index (Phi) is 3.83. The zero-order valence-corrected chi connectivity index (χ0v) is 13.2. The molecule has 4 saturated carbocycles. The third kappa shape index (κ3) is 2.74. The largest absolute Gasteiger partial charge is 0.353 e. The van der Waals surface area contributed by atoms with Gasteiger partial charge in [0.2, 0.25) is 5.91 Å². The Morgan fingerprint density at radius 3 is 2.00 bits per heavy atom. The van der Waals surface area contributed by atoms with Gasteiger partial charge in [-0.25, -0.2) is 0 Å². The van der Waals surface area contributed by atoms with E-state index in [1.165, 1.54) is 38.5 Å². The van der Waals surface area contributed by atoms with Gasteiger partial charge in [0.1, 0.15) is 0 Å². The molecule has 3 nitrogen and oxygen atoms in total. The summed E-state index contributed by atoms with van der Waals surface area (Å²) < 4.78 is 0. The highest BCUT2D eigenvalue weighted by atomic mass is 16.1. The summed E-state index contributed by atoms with van der Waals surface area (Å²) in [6.07, 6.45) is 8.66. The molecule has 1 unspecified atom stereocenters. The van der Waals surface area contributed by atoms with E-state index in [1.54, 1.807) is 0 Å². The average molecular weight is 278 g/mol. The van der Waals surface area contributed by atoms with Crippen LogP contribution in [0.4, 0.5) is 0 Å². The van der Waals surface area contributed by atoms with Gasteiger partial charge in [0, 0.05) is 12.1 Å². The first-order valence-electron chi connectivity index (χ1n) is 8.49. The van der Waals surface area contributed by atoms with E-state index in [9.17, 15) is 4.79 Å². The zero-order chi connectivity index (χ0) is 14.3. The normalized spacial score (nSPS) is 40.1. The molecule has 0 aromatic heterocycles. The van der Waals surface area contributed by atoms with Gasteiger partial charge in [0.15, 0.2) is 0 Å². The van der Waals surface area contributed by atoms with E-state index in [1.807, 2.05) is 13.8 Å². The average Bonchev–Trinajstić information content (AvgIpc) is 2.33. The zero-order valence-electron chi connectivity index (χ0n) is 13.2. The summed E-state index contributed by atoms with van der Waals surface area (Å²) in [6.45, 7) is 6.82. The van der Waals surface area contributed by atoms with E-state index >= 15 is 0 Å². The molecule has 4 fully saturated rings. The summed E-state index contributed by atoms with van der Waals surface area (Å²) in [7, 11) is 0. The number of hydrogen-bond donors (Lipinski definition) is 2. The second-order valence-corrected chi connectivity index (χ2v) is 8.10. The summed E-state index contributed by atoms with van der Waals surface area (Å²) in [4.78, 5) is 11.8. The molecule has 20 heavy (non-hydrogen) atoms. The van der Waals surface area contributed by atoms with Crippen molar-refractivity contribution in [3.8, 4) is 0 Å². The first-order valence-corrected chi connectivity index (χ1v) is 8.49. The predicted molar refractivity (Wildman–Crippen MR) is 81.3 cm³/mol. The topological polar surface area (TPSA) is 41.1 Å². The van der Waals surface area contributed by atoms with Crippen LogP contribution in [0.2, 0.25) is 0 Å². The van der Waals surface area contributed by atoms with E-state index < -0.39 is 0 Å². The Balaban J connectivity index is 1.57. The number of rotatable bonds is 5. The Labute approximate surface area is 123 Å². The Morgan fingerprint density at radius 1 is 1.05 bits per heavy atom. The lowest BCUT2D eigenvalue weighted by atomic mass is 9.48. The van der Waals surface area contributed by atoms with Gasteiger partial charge in [-0.1, -0.05) is 0 Å². The summed E-state index contributed by atoms with van der Waals surface area (Å²) in [5.74, 6) is 3.08. The van der Waals surface area contributed by atoms with Crippen molar-refractivity contribution < 1.29 is 4.79 Å². The van der Waals surface area contributed by atoms with Crippen LogP contribution in [0.5, 0.6) is 0 Å². The second-order valence-electron chi connectivity index (χ2n) is 8.10. The maximum atomic E-state index is 11.8. The van der Waals surface area contributed by atoms with Crippen LogP contribution in [0.25, 0.3) is 0 Å². The molecule has 0 aliphatic heterocycles. The third-order valence-electron chi connectivity index (χ3n) is 6.02. The van der Waals surface area contributed by atoms with Crippen LogP contribution >= 0.6 is 0 Å². The van der Waals surface area contributed by atoms with Crippen molar-refractivity contribution in [1.82, 2.24) is 10.6 Å². The van der Waals surface area contributed by atoms with E-state index in [2.05, 4.69) is 17.6 Å². The van der Waals surface area contributed by atoms with Crippen LogP contribution in [0.3, 0.4) is 0 Å². The fourth-order valence-electron chi connectivity index (χ4n) is 5.54. The number of carbonyl (C=O) groups is 1. The minimum Gasteiger partial charge on any atom is -0.353 e. The molecule has 0 heterocycles. The molecule has 0 saturated heterocycles. The Hall–Kier alpha value is -0.570. The van der Waals surface area contributed by atoms with E-state index in [-0.39, 0.29) is 11.9 Å². The van der Waals surface area contributed by atoms with Crippen molar-refractivity contribution in [3.63, 3.8) is 0 Å². The molecule has 3 heteroatoms. The van der Waals surface area contributed by atoms with E-state index in [0.717, 1.165) is 17.8 Å². The molecular formula is C17H30N2O. The molecule has 0 aromatic carbocycles. The van der Waals surface area contributed by atoms with Crippen LogP contribution in [0, 0.1) is 23.2 Å². The SMILES string of the molecule is CC(C)NC(=O)CNC(C)C12CC3CC(CC(C3)C1)C2. The van der Waals surface area contributed by atoms with Crippen molar-refractivity contribution in [1.29, 1.82) is 0 Å². The highest BCUT2D eigenvalue weighted by Gasteiger charge is 2.52. The number of amides is 1. The van der Waals surface area contributed by atoms with Crippen LogP contribution < -0.4 is 10.6 Å². The van der Waals surface area contributed by atoms with Crippen LogP contribution in [0.15, 0.2) is 0 Å². The Morgan fingerprint density at radius 2 is 1.55 bits per heavy atom. The molecule has 4 aliphatic rings. The molecule has 114 valence electrons. The van der Waals surface area contributed by atoms with Crippen molar-refractivity contribution in [3.05, 3.63) is 0 Å². The smallest absolute Gasteiger partial charge is 0.234 e. The number of carbonyl (C=O) groups excluding carboxylic acids is 1. The molecule has 1 atom stereocenters. The summed E-state index contributed by atoms with van der Waals surface area (Å²) in [5.41, 5.74) is 0.493. The summed E-state index contributed by atoms with van der Waals surface area (Å²) in [5, 5.41) is 6.50. The molecule has 0 radical (unpaired) electrons. The van der Waals surface area contributed by atoms with Crippen LogP contribution in [-0.4, -0.2) is 24.5 Å². The lowest BCUT2D eigenvalue weighted by Crippen LogP contribution is -2.56. The number of hydrogen-bond acceptors (Lipinski definition) is 2. The van der Waals surface area contributed by atoms with E-state index in [4.69, 9.17) is 0 Å². The van der Waals surface area contributed by atoms with E-state index in [0.29, 0.717) is 18.0 Å². The summed E-state index contributed by atoms with van der Waals surface area (Å²) in [6, 6.07) is 0.716. The highest BCUT2D eigenvalue weighted by Crippen LogP contribution is 2.61. The quantitative estimate of drug-likeness (QED) is 0.812. The summed E-state index contributed by atoms with van der Waals surface area (Å²) >= 11 is 0. The maximum Gasteiger partial charge on any atom is 0.234 e. The van der Waals surface area contributed by atoms with Gasteiger partial charge in [0.05, 0.1) is 6.54 Å². The van der Waals surface area contributed by atoms with Crippen molar-refractivity contribution in [2.24, 2.45) is 23.2 Å². The minimum absolute atomic E-state index is 0.136. The lowest BCUT2D eigenvalue weighted by molar-refractivity contribution is -0.121. The van der Waals surface area contributed by atoms with Gasteiger partial charge < -0.3 is 10.6 Å². The minimum atomic E-state index is 0.136. The Bertz CT molecular complexity index is 342. The van der Waals surface area contributed by atoms with Crippen molar-refractivity contribution in [2.75, 3.05) is 6.54 Å². The van der Waals surface area contributed by atoms with Gasteiger partial charge in [-0.3, -0.25) is 4.79 Å². The molecule has 0 aromatic rings. The molecule has 4 bridgehead atoms. The maximum absolute atomic E-state index is 11.8. The molecule has 4 rings (SSSR count). The van der Waals surface area contributed by atoms with Gasteiger partial charge >= 0.3 is 0 Å². The third-order valence-corrected chi connectivity index (χ3v) is 6.02. The van der Waals surface area contributed by atoms with Gasteiger partial charge in [0.25, 0.3) is 0 Å². The second kappa shape index (κ2) is 5.32. The fraction of sp³-hybridized carbons (Fsp3) is 0.941. The fourth-order valence-corrected chi connectivity index (χ4v) is 5.54. The van der Waals surface area contributed by atoms with Crippen molar-refractivity contribution in [2.45, 2.75) is 71.4 Å². The molecule has 4 aliphatic carbocycles. The first-order chi connectivity index (χ1) is 9.47. The predicted octanol–water partition coefficient (Wildman–Crippen LogP) is 2.71. The number of nitrogens with one attached hydrogen (secondary N) is 2. The van der Waals surface area contributed by atoms with Gasteiger partial charge in [-0.2, -0.15) is 0 Å². The lowest BCUT2D eigenvalue weighted by Gasteiger charge is -2.59. The van der Waals surface area contributed by atoms with Gasteiger partial charge in [-0.15, -0.1) is 0 Å². The van der Waals surface area contributed by atoms with Crippen LogP contribution in [0.1, 0.15) is 59.3 Å². The molecule has 0 spiro atoms. The first kappa shape index (κ1) is 14.4. The monoisotopic (exact) mass is 278 g/mol.